The summed E-state index contributed by atoms with van der Waals surface area (Å²) in [4.78, 5) is 26.2. The average molecular weight is 385 g/mol. The van der Waals surface area contributed by atoms with E-state index in [2.05, 4.69) is 35.5 Å². The maximum Gasteiger partial charge on any atom is 0.277 e. The predicted octanol–water partition coefficient (Wildman–Crippen LogP) is 3.54. The van der Waals surface area contributed by atoms with Crippen LogP contribution in [0, 0.1) is 5.92 Å². The van der Waals surface area contributed by atoms with E-state index in [0.717, 1.165) is 12.8 Å². The van der Waals surface area contributed by atoms with Crippen LogP contribution in [0.4, 0.5) is 0 Å². The molecule has 7 heteroatoms. The summed E-state index contributed by atoms with van der Waals surface area (Å²) in [7, 11) is 0. The molecule has 0 aliphatic carbocycles. The molecule has 1 aromatic carbocycles. The summed E-state index contributed by atoms with van der Waals surface area (Å²) >= 11 is 1.66. The minimum Gasteiger partial charge on any atom is -0.348 e. The van der Waals surface area contributed by atoms with Crippen molar-refractivity contribution in [2.45, 2.75) is 45.7 Å². The second-order valence-electron chi connectivity index (χ2n) is 6.52. The zero-order chi connectivity index (χ0) is 19.2. The summed E-state index contributed by atoms with van der Waals surface area (Å²) in [5.41, 5.74) is 0.345. The van der Waals surface area contributed by atoms with Gasteiger partial charge in [-0.25, -0.2) is 4.68 Å². The second-order valence-corrected chi connectivity index (χ2v) is 7.50. The molecule has 142 valence electrons. The van der Waals surface area contributed by atoms with E-state index in [1.54, 1.807) is 29.5 Å². The number of carbonyl (C=O) groups is 1. The van der Waals surface area contributed by atoms with Crippen LogP contribution in [0.1, 0.15) is 44.0 Å². The van der Waals surface area contributed by atoms with E-state index < -0.39 is 0 Å². The molecule has 3 aromatic rings. The molecule has 0 bridgehead atoms. The normalized spacial score (nSPS) is 12.4. The van der Waals surface area contributed by atoms with E-state index in [1.807, 2.05) is 17.5 Å². The van der Waals surface area contributed by atoms with Gasteiger partial charge in [-0.1, -0.05) is 50.1 Å². The van der Waals surface area contributed by atoms with Gasteiger partial charge in [0.15, 0.2) is 0 Å². The summed E-state index contributed by atoms with van der Waals surface area (Å²) < 4.78 is 1.26. The van der Waals surface area contributed by atoms with E-state index in [4.69, 9.17) is 0 Å². The number of nitrogens with zero attached hydrogens (tertiary/aromatic N) is 3. The minimum absolute atomic E-state index is 0.00640. The fourth-order valence-electron chi connectivity index (χ4n) is 3.27. The topological polar surface area (TPSA) is 76.9 Å². The number of nitrogens with one attached hydrogen (secondary N) is 1. The Morgan fingerprint density at radius 3 is 2.67 bits per heavy atom. The van der Waals surface area contributed by atoms with E-state index in [1.165, 1.54) is 9.56 Å². The first-order valence-corrected chi connectivity index (χ1v) is 10.2. The highest BCUT2D eigenvalue weighted by atomic mass is 32.1. The van der Waals surface area contributed by atoms with Crippen LogP contribution in [0.15, 0.2) is 46.6 Å². The minimum atomic E-state index is -0.219. The maximum atomic E-state index is 12.6. The number of aromatic nitrogens is 3. The SMILES string of the molecule is CCC(CC)C(NC(=O)CCn1nnc2ccccc2c1=O)c1cccs1. The predicted molar refractivity (Wildman–Crippen MR) is 108 cm³/mol. The van der Waals surface area contributed by atoms with Crippen LogP contribution in [0.5, 0.6) is 0 Å². The van der Waals surface area contributed by atoms with Crippen molar-refractivity contribution in [2.24, 2.45) is 5.92 Å². The van der Waals surface area contributed by atoms with Crippen molar-refractivity contribution in [2.75, 3.05) is 0 Å². The molecule has 1 atom stereocenters. The Kier molecular flexibility index (Phi) is 6.34. The van der Waals surface area contributed by atoms with Crippen molar-refractivity contribution < 1.29 is 4.79 Å². The lowest BCUT2D eigenvalue weighted by Gasteiger charge is -2.25. The Morgan fingerprint density at radius 2 is 1.96 bits per heavy atom. The lowest BCUT2D eigenvalue weighted by molar-refractivity contribution is -0.122. The number of aryl methyl sites for hydroxylation is 1. The number of hydrogen-bond donors (Lipinski definition) is 1. The van der Waals surface area contributed by atoms with Crippen LogP contribution in [-0.2, 0) is 11.3 Å². The number of fused-ring (bicyclic) bond motifs is 1. The quantitative estimate of drug-likeness (QED) is 0.644. The van der Waals surface area contributed by atoms with Crippen LogP contribution in [0.3, 0.4) is 0 Å². The average Bonchev–Trinajstić information content (AvgIpc) is 3.22. The van der Waals surface area contributed by atoms with Crippen molar-refractivity contribution >= 4 is 28.1 Å². The number of hydrogen-bond acceptors (Lipinski definition) is 5. The Balaban J connectivity index is 1.70. The molecule has 3 rings (SSSR count). The standard InChI is InChI=1S/C20H24N4O2S/c1-3-14(4-2)19(17-10-7-13-27-17)21-18(25)11-12-24-20(26)15-8-5-6-9-16(15)22-23-24/h5-10,13-14,19H,3-4,11-12H2,1-2H3,(H,21,25). The molecule has 0 aliphatic rings. The summed E-state index contributed by atoms with van der Waals surface area (Å²) in [5, 5.41) is 13.7. The van der Waals surface area contributed by atoms with Gasteiger partial charge < -0.3 is 5.32 Å². The molecule has 0 spiro atoms. The Labute approximate surface area is 162 Å². The summed E-state index contributed by atoms with van der Waals surface area (Å²) in [6.45, 7) is 4.50. The van der Waals surface area contributed by atoms with Gasteiger partial charge in [0.1, 0.15) is 5.52 Å². The van der Waals surface area contributed by atoms with Gasteiger partial charge >= 0.3 is 0 Å². The van der Waals surface area contributed by atoms with E-state index in [9.17, 15) is 9.59 Å². The molecule has 6 nitrogen and oxygen atoms in total. The lowest BCUT2D eigenvalue weighted by Crippen LogP contribution is -2.34. The van der Waals surface area contributed by atoms with Gasteiger partial charge in [-0.05, 0) is 29.5 Å². The Morgan fingerprint density at radius 1 is 1.19 bits per heavy atom. The van der Waals surface area contributed by atoms with Crippen molar-refractivity contribution in [3.05, 3.63) is 57.0 Å². The first-order valence-electron chi connectivity index (χ1n) is 9.29. The second kappa shape index (κ2) is 8.90. The number of amides is 1. The van der Waals surface area contributed by atoms with Gasteiger partial charge in [0.25, 0.3) is 5.56 Å². The van der Waals surface area contributed by atoms with Gasteiger partial charge in [0.2, 0.25) is 5.91 Å². The molecule has 2 heterocycles. The van der Waals surface area contributed by atoms with Gasteiger partial charge in [0.05, 0.1) is 18.0 Å². The van der Waals surface area contributed by atoms with Crippen molar-refractivity contribution in [1.82, 2.24) is 20.3 Å². The third kappa shape index (κ3) is 4.42. The van der Waals surface area contributed by atoms with Gasteiger partial charge in [-0.15, -0.1) is 16.4 Å². The molecule has 0 saturated carbocycles. The van der Waals surface area contributed by atoms with Gasteiger partial charge in [0, 0.05) is 11.3 Å². The third-order valence-corrected chi connectivity index (χ3v) is 5.82. The smallest absolute Gasteiger partial charge is 0.277 e. The van der Waals surface area contributed by atoms with E-state index in [0.29, 0.717) is 16.8 Å². The van der Waals surface area contributed by atoms with Gasteiger partial charge in [-0.2, -0.15) is 0 Å². The highest BCUT2D eigenvalue weighted by Crippen LogP contribution is 2.30. The molecule has 1 N–H and O–H groups in total. The molecule has 0 radical (unpaired) electrons. The lowest BCUT2D eigenvalue weighted by atomic mass is 9.93. The van der Waals surface area contributed by atoms with Crippen molar-refractivity contribution in [1.29, 1.82) is 0 Å². The zero-order valence-corrected chi connectivity index (χ0v) is 16.4. The largest absolute Gasteiger partial charge is 0.348 e. The summed E-state index contributed by atoms with van der Waals surface area (Å²) in [6.07, 6.45) is 2.18. The molecule has 0 saturated heterocycles. The van der Waals surface area contributed by atoms with Crippen LogP contribution >= 0.6 is 11.3 Å². The molecular weight excluding hydrogens is 360 g/mol. The van der Waals surface area contributed by atoms with Crippen LogP contribution in [0.2, 0.25) is 0 Å². The van der Waals surface area contributed by atoms with Gasteiger partial charge in [-0.3, -0.25) is 9.59 Å². The first kappa shape index (κ1) is 19.2. The Bertz CT molecular complexity index is 948. The zero-order valence-electron chi connectivity index (χ0n) is 15.6. The highest BCUT2D eigenvalue weighted by Gasteiger charge is 2.23. The van der Waals surface area contributed by atoms with Crippen LogP contribution in [0.25, 0.3) is 10.9 Å². The molecule has 0 fully saturated rings. The number of carbonyl (C=O) groups excluding carboxylic acids is 1. The molecule has 1 amide bonds. The third-order valence-electron chi connectivity index (χ3n) is 4.87. The molecule has 1 unspecified atom stereocenters. The molecule has 2 aromatic heterocycles. The molecule has 27 heavy (non-hydrogen) atoms. The summed E-state index contributed by atoms with van der Waals surface area (Å²) in [6, 6.07) is 11.2. The fourth-order valence-corrected chi connectivity index (χ4v) is 4.14. The van der Waals surface area contributed by atoms with E-state index >= 15 is 0 Å². The summed E-state index contributed by atoms with van der Waals surface area (Å²) in [5.74, 6) is 0.304. The number of thiophene rings is 1. The fraction of sp³-hybridized carbons (Fsp3) is 0.400. The highest BCUT2D eigenvalue weighted by molar-refractivity contribution is 7.10. The van der Waals surface area contributed by atoms with Crippen LogP contribution < -0.4 is 10.9 Å². The van der Waals surface area contributed by atoms with Crippen molar-refractivity contribution in [3.8, 4) is 0 Å². The number of benzene rings is 1. The number of rotatable bonds is 8. The monoisotopic (exact) mass is 384 g/mol. The maximum absolute atomic E-state index is 12.6. The molecule has 0 aliphatic heterocycles. The first-order chi connectivity index (χ1) is 13.1. The Hall–Kier alpha value is -2.54. The van der Waals surface area contributed by atoms with Crippen molar-refractivity contribution in [3.63, 3.8) is 0 Å². The molecular formula is C20H24N4O2S. The van der Waals surface area contributed by atoms with E-state index in [-0.39, 0.29) is 30.5 Å². The van der Waals surface area contributed by atoms with Crippen LogP contribution in [-0.4, -0.2) is 20.9 Å².